The Hall–Kier alpha value is -0.610. The van der Waals surface area contributed by atoms with Gasteiger partial charge in [0.15, 0.2) is 0 Å². The Labute approximate surface area is 72.2 Å². The normalized spacial score (nSPS) is 13.1. The number of hydrogen-bond acceptors (Lipinski definition) is 3. The average molecular weight is 176 g/mol. The maximum absolute atomic E-state index is 10.2. The Balaban J connectivity index is 4.14. The fourth-order valence-electron chi connectivity index (χ4n) is 0.419. The summed E-state index contributed by atoms with van der Waals surface area (Å²) in [5, 5.41) is 17.9. The van der Waals surface area contributed by atoms with Crippen LogP contribution in [0.5, 0.6) is 0 Å². The van der Waals surface area contributed by atoms with E-state index in [4.69, 9.17) is 9.84 Å². The first-order valence-electron chi connectivity index (χ1n) is 3.75. The molecule has 2 N–H and O–H groups in total. The van der Waals surface area contributed by atoms with E-state index in [1.807, 2.05) is 0 Å². The summed E-state index contributed by atoms with van der Waals surface area (Å²) in [4.78, 5) is 10.2. The van der Waals surface area contributed by atoms with Crippen molar-refractivity contribution in [3.63, 3.8) is 0 Å². The zero-order chi connectivity index (χ0) is 9.99. The summed E-state index contributed by atoms with van der Waals surface area (Å²) in [5.41, 5.74) is -1.91. The van der Waals surface area contributed by atoms with Crippen LogP contribution in [0.3, 0.4) is 0 Å². The molecule has 0 atom stereocenters. The second kappa shape index (κ2) is 3.41. The molecule has 0 heterocycles. The summed E-state index contributed by atoms with van der Waals surface area (Å²) in [7, 11) is 0. The topological polar surface area (TPSA) is 66.8 Å². The minimum absolute atomic E-state index is 0.392. The van der Waals surface area contributed by atoms with Crippen LogP contribution in [0.15, 0.2) is 0 Å². The van der Waals surface area contributed by atoms with Crippen LogP contribution in [0, 0.1) is 0 Å². The molecule has 0 bridgehead atoms. The van der Waals surface area contributed by atoms with Gasteiger partial charge in [0.1, 0.15) is 6.61 Å². The third-order valence-electron chi connectivity index (χ3n) is 2.03. The summed E-state index contributed by atoms with van der Waals surface area (Å²) >= 11 is 0. The standard InChI is InChI=1S/C8H16O4/c1-7(2,11)8(3,4)12-5-6(9)10/h11H,5H2,1-4H3,(H,9,10). The lowest BCUT2D eigenvalue weighted by molar-refractivity contribution is -0.169. The van der Waals surface area contributed by atoms with Gasteiger partial charge in [-0.2, -0.15) is 0 Å². The lowest BCUT2D eigenvalue weighted by Gasteiger charge is -2.36. The molecule has 4 nitrogen and oxygen atoms in total. The number of aliphatic carboxylic acids is 1. The van der Waals surface area contributed by atoms with Crippen molar-refractivity contribution in [3.05, 3.63) is 0 Å². The highest BCUT2D eigenvalue weighted by Gasteiger charge is 2.36. The molecule has 0 aliphatic carbocycles. The van der Waals surface area contributed by atoms with Gasteiger partial charge in [-0.3, -0.25) is 0 Å². The quantitative estimate of drug-likeness (QED) is 0.659. The largest absolute Gasteiger partial charge is 0.480 e. The second-order valence-corrected chi connectivity index (χ2v) is 3.75. The molecule has 0 aliphatic heterocycles. The van der Waals surface area contributed by atoms with Crippen LogP contribution in [0.25, 0.3) is 0 Å². The molecule has 0 aromatic heterocycles. The molecule has 0 aromatic carbocycles. The van der Waals surface area contributed by atoms with Gasteiger partial charge in [0, 0.05) is 0 Å². The van der Waals surface area contributed by atoms with E-state index >= 15 is 0 Å². The minimum Gasteiger partial charge on any atom is -0.480 e. The monoisotopic (exact) mass is 176 g/mol. The van der Waals surface area contributed by atoms with E-state index in [1.165, 1.54) is 0 Å². The molecule has 0 unspecified atom stereocenters. The van der Waals surface area contributed by atoms with Gasteiger partial charge in [-0.25, -0.2) is 4.79 Å². The van der Waals surface area contributed by atoms with E-state index in [2.05, 4.69) is 0 Å². The van der Waals surface area contributed by atoms with E-state index in [0.29, 0.717) is 0 Å². The van der Waals surface area contributed by atoms with Crippen LogP contribution < -0.4 is 0 Å². The number of aliphatic hydroxyl groups is 1. The van der Waals surface area contributed by atoms with Gasteiger partial charge >= 0.3 is 5.97 Å². The Bertz CT molecular complexity index is 166. The van der Waals surface area contributed by atoms with Crippen molar-refractivity contribution in [2.24, 2.45) is 0 Å². The molecule has 0 saturated heterocycles. The Morgan fingerprint density at radius 3 is 2.00 bits per heavy atom. The van der Waals surface area contributed by atoms with Crippen molar-refractivity contribution in [2.45, 2.75) is 38.9 Å². The zero-order valence-electron chi connectivity index (χ0n) is 7.92. The molecular weight excluding hydrogens is 160 g/mol. The van der Waals surface area contributed by atoms with Crippen LogP contribution >= 0.6 is 0 Å². The predicted molar refractivity (Wildman–Crippen MR) is 44.0 cm³/mol. The van der Waals surface area contributed by atoms with Crippen molar-refractivity contribution in [1.29, 1.82) is 0 Å². The van der Waals surface area contributed by atoms with Crippen molar-refractivity contribution in [3.8, 4) is 0 Å². The van der Waals surface area contributed by atoms with Crippen molar-refractivity contribution >= 4 is 5.97 Å². The molecule has 0 saturated carbocycles. The van der Waals surface area contributed by atoms with Crippen LogP contribution in [-0.4, -0.2) is 34.0 Å². The molecule has 12 heavy (non-hydrogen) atoms. The fourth-order valence-corrected chi connectivity index (χ4v) is 0.419. The molecule has 0 aliphatic rings. The SMILES string of the molecule is CC(C)(O)C(C)(C)OCC(=O)O. The lowest BCUT2D eigenvalue weighted by atomic mass is 9.89. The van der Waals surface area contributed by atoms with Crippen LogP contribution in [0.2, 0.25) is 0 Å². The lowest BCUT2D eigenvalue weighted by Crippen LogP contribution is -2.48. The minimum atomic E-state index is -1.05. The number of carboxylic acids is 1. The summed E-state index contributed by atoms with van der Waals surface area (Å²) in [6.07, 6.45) is 0. The van der Waals surface area contributed by atoms with Crippen molar-refractivity contribution in [2.75, 3.05) is 6.61 Å². The maximum Gasteiger partial charge on any atom is 0.329 e. The zero-order valence-corrected chi connectivity index (χ0v) is 7.92. The third kappa shape index (κ3) is 3.19. The predicted octanol–water partition coefficient (Wildman–Crippen LogP) is 0.637. The van der Waals surface area contributed by atoms with Crippen LogP contribution in [0.4, 0.5) is 0 Å². The number of carboxylic acid groups (broad SMARTS) is 1. The fraction of sp³-hybridized carbons (Fsp3) is 0.875. The number of carbonyl (C=O) groups is 1. The van der Waals surface area contributed by atoms with E-state index in [0.717, 1.165) is 0 Å². The molecule has 0 spiro atoms. The van der Waals surface area contributed by atoms with Gasteiger partial charge in [0.05, 0.1) is 11.2 Å². The number of rotatable bonds is 4. The van der Waals surface area contributed by atoms with Crippen LogP contribution in [0.1, 0.15) is 27.7 Å². The summed E-state index contributed by atoms with van der Waals surface area (Å²) in [5.74, 6) is -1.03. The summed E-state index contributed by atoms with van der Waals surface area (Å²) in [6, 6.07) is 0. The number of hydrogen-bond donors (Lipinski definition) is 2. The molecule has 4 heteroatoms. The van der Waals surface area contributed by atoms with Gasteiger partial charge in [-0.15, -0.1) is 0 Å². The molecule has 0 radical (unpaired) electrons. The third-order valence-corrected chi connectivity index (χ3v) is 2.03. The van der Waals surface area contributed by atoms with Crippen LogP contribution in [-0.2, 0) is 9.53 Å². The maximum atomic E-state index is 10.2. The molecule has 0 amide bonds. The summed E-state index contributed by atoms with van der Waals surface area (Å²) < 4.78 is 5.01. The van der Waals surface area contributed by atoms with E-state index in [-0.39, 0.29) is 0 Å². The Morgan fingerprint density at radius 2 is 1.75 bits per heavy atom. The molecule has 72 valence electrons. The molecule has 0 fully saturated rings. The van der Waals surface area contributed by atoms with E-state index < -0.39 is 23.8 Å². The smallest absolute Gasteiger partial charge is 0.329 e. The number of ether oxygens (including phenoxy) is 1. The van der Waals surface area contributed by atoms with E-state index in [1.54, 1.807) is 27.7 Å². The Kier molecular flexibility index (Phi) is 3.24. The van der Waals surface area contributed by atoms with Crippen molar-refractivity contribution < 1.29 is 19.7 Å². The molecule has 0 rings (SSSR count). The highest BCUT2D eigenvalue weighted by molar-refractivity contribution is 5.68. The summed E-state index contributed by atoms with van der Waals surface area (Å²) in [6.45, 7) is 6.06. The van der Waals surface area contributed by atoms with Gasteiger partial charge in [-0.05, 0) is 27.7 Å². The highest BCUT2D eigenvalue weighted by Crippen LogP contribution is 2.24. The van der Waals surface area contributed by atoms with Gasteiger partial charge < -0.3 is 14.9 Å². The first kappa shape index (κ1) is 11.4. The second-order valence-electron chi connectivity index (χ2n) is 3.75. The first-order valence-corrected chi connectivity index (χ1v) is 3.75. The Morgan fingerprint density at radius 1 is 1.33 bits per heavy atom. The van der Waals surface area contributed by atoms with Crippen molar-refractivity contribution in [1.82, 2.24) is 0 Å². The van der Waals surface area contributed by atoms with E-state index in [9.17, 15) is 9.90 Å². The highest BCUT2D eigenvalue weighted by atomic mass is 16.5. The first-order chi connectivity index (χ1) is 5.17. The van der Waals surface area contributed by atoms with Gasteiger partial charge in [-0.1, -0.05) is 0 Å². The average Bonchev–Trinajstić information content (AvgIpc) is 1.81. The molecule has 0 aromatic rings. The van der Waals surface area contributed by atoms with Gasteiger partial charge in [0.2, 0.25) is 0 Å². The van der Waals surface area contributed by atoms with Gasteiger partial charge in [0.25, 0.3) is 0 Å². The molecular formula is C8H16O4.